The molecule has 0 aromatic rings. The van der Waals surface area contributed by atoms with Crippen LogP contribution in [0.1, 0.15) is 26.7 Å². The maximum absolute atomic E-state index is 11.7. The Morgan fingerprint density at radius 3 is 2.47 bits per heavy atom. The molecule has 6 nitrogen and oxygen atoms in total. The number of carboxylic acids is 1. The number of nitrogens with zero attached hydrogens (tertiary/aromatic N) is 1. The molecule has 1 fully saturated rings. The van der Waals surface area contributed by atoms with Gasteiger partial charge in [0.25, 0.3) is 0 Å². The molecule has 0 bridgehead atoms. The van der Waals surface area contributed by atoms with Gasteiger partial charge in [-0.25, -0.2) is 9.59 Å². The zero-order valence-corrected chi connectivity index (χ0v) is 10.4. The number of carbonyl (C=O) groups is 2. The van der Waals surface area contributed by atoms with Crippen molar-refractivity contribution in [3.63, 3.8) is 0 Å². The SMILES string of the molecule is COC(=O)N(C1CCCO1)C(C(=O)O)C(C)C. The van der Waals surface area contributed by atoms with Crippen molar-refractivity contribution in [3.05, 3.63) is 0 Å². The van der Waals surface area contributed by atoms with Crippen molar-refractivity contribution in [1.29, 1.82) is 0 Å². The molecule has 6 heteroatoms. The molecule has 1 aliphatic heterocycles. The summed E-state index contributed by atoms with van der Waals surface area (Å²) in [7, 11) is 1.24. The molecule has 1 saturated heterocycles. The molecule has 1 N–H and O–H groups in total. The number of methoxy groups -OCH3 is 1. The molecule has 2 unspecified atom stereocenters. The van der Waals surface area contributed by atoms with Gasteiger partial charge in [-0.2, -0.15) is 0 Å². The molecule has 1 aliphatic rings. The summed E-state index contributed by atoms with van der Waals surface area (Å²) in [5.74, 6) is -1.25. The van der Waals surface area contributed by atoms with E-state index in [9.17, 15) is 14.7 Å². The van der Waals surface area contributed by atoms with E-state index in [1.165, 1.54) is 12.0 Å². The van der Waals surface area contributed by atoms with Crippen LogP contribution in [0.2, 0.25) is 0 Å². The van der Waals surface area contributed by atoms with E-state index in [0.29, 0.717) is 13.0 Å². The van der Waals surface area contributed by atoms with Gasteiger partial charge in [0.2, 0.25) is 0 Å². The number of carbonyl (C=O) groups excluding carboxylic acids is 1. The molecule has 0 aliphatic carbocycles. The molecule has 17 heavy (non-hydrogen) atoms. The molecule has 0 spiro atoms. The third-order valence-electron chi connectivity index (χ3n) is 2.79. The Hall–Kier alpha value is -1.30. The Kier molecular flexibility index (Phi) is 4.74. The van der Waals surface area contributed by atoms with Crippen LogP contribution in [0.15, 0.2) is 0 Å². The number of amides is 1. The minimum absolute atomic E-state index is 0.212. The summed E-state index contributed by atoms with van der Waals surface area (Å²) < 4.78 is 10.0. The Labute approximate surface area is 100 Å². The van der Waals surface area contributed by atoms with E-state index in [-0.39, 0.29) is 5.92 Å². The molecule has 1 heterocycles. The second-order valence-corrected chi connectivity index (χ2v) is 4.37. The molecule has 0 aromatic carbocycles. The van der Waals surface area contributed by atoms with E-state index >= 15 is 0 Å². The van der Waals surface area contributed by atoms with Crippen LogP contribution in [0.25, 0.3) is 0 Å². The van der Waals surface area contributed by atoms with Gasteiger partial charge >= 0.3 is 12.1 Å². The van der Waals surface area contributed by atoms with Crippen molar-refractivity contribution in [2.24, 2.45) is 5.92 Å². The molecular weight excluding hydrogens is 226 g/mol. The molecule has 0 saturated carbocycles. The van der Waals surface area contributed by atoms with Crippen molar-refractivity contribution in [3.8, 4) is 0 Å². The topological polar surface area (TPSA) is 76.1 Å². The van der Waals surface area contributed by atoms with Crippen LogP contribution < -0.4 is 0 Å². The summed E-state index contributed by atoms with van der Waals surface area (Å²) in [6.07, 6.45) is 0.317. The number of rotatable bonds is 4. The minimum atomic E-state index is -1.04. The van der Waals surface area contributed by atoms with Crippen LogP contribution >= 0.6 is 0 Å². The van der Waals surface area contributed by atoms with E-state index in [1.54, 1.807) is 13.8 Å². The van der Waals surface area contributed by atoms with E-state index in [1.807, 2.05) is 0 Å². The van der Waals surface area contributed by atoms with Crippen molar-refractivity contribution in [1.82, 2.24) is 4.90 Å². The number of aliphatic carboxylic acids is 1. The van der Waals surface area contributed by atoms with E-state index in [2.05, 4.69) is 4.74 Å². The van der Waals surface area contributed by atoms with Gasteiger partial charge in [-0.05, 0) is 18.8 Å². The Morgan fingerprint density at radius 1 is 1.47 bits per heavy atom. The van der Waals surface area contributed by atoms with Gasteiger partial charge < -0.3 is 14.6 Å². The molecule has 1 rings (SSSR count). The summed E-state index contributed by atoms with van der Waals surface area (Å²) in [6.45, 7) is 4.05. The average molecular weight is 245 g/mol. The lowest BCUT2D eigenvalue weighted by Crippen LogP contribution is -2.53. The highest BCUT2D eigenvalue weighted by Crippen LogP contribution is 2.23. The fourth-order valence-electron chi connectivity index (χ4n) is 2.02. The molecule has 0 radical (unpaired) electrons. The molecule has 1 amide bonds. The third-order valence-corrected chi connectivity index (χ3v) is 2.79. The first-order chi connectivity index (χ1) is 7.99. The zero-order valence-electron chi connectivity index (χ0n) is 10.4. The Bertz CT molecular complexity index is 286. The Balaban J connectivity index is 2.93. The van der Waals surface area contributed by atoms with Crippen LogP contribution in [0.3, 0.4) is 0 Å². The van der Waals surface area contributed by atoms with Crippen LogP contribution in [0.4, 0.5) is 4.79 Å². The van der Waals surface area contributed by atoms with Gasteiger partial charge in [0.05, 0.1) is 7.11 Å². The van der Waals surface area contributed by atoms with Crippen LogP contribution in [-0.4, -0.2) is 48.1 Å². The molecule has 2 atom stereocenters. The Morgan fingerprint density at radius 2 is 2.12 bits per heavy atom. The predicted molar refractivity (Wildman–Crippen MR) is 59.5 cm³/mol. The first-order valence-corrected chi connectivity index (χ1v) is 5.69. The van der Waals surface area contributed by atoms with Crippen molar-refractivity contribution in [2.75, 3.05) is 13.7 Å². The molecule has 98 valence electrons. The van der Waals surface area contributed by atoms with E-state index in [4.69, 9.17) is 4.74 Å². The summed E-state index contributed by atoms with van der Waals surface area (Å²) in [5, 5.41) is 9.21. The maximum atomic E-state index is 11.7. The van der Waals surface area contributed by atoms with Crippen molar-refractivity contribution in [2.45, 2.75) is 39.0 Å². The van der Waals surface area contributed by atoms with Gasteiger partial charge in [-0.15, -0.1) is 0 Å². The summed E-state index contributed by atoms with van der Waals surface area (Å²) in [6, 6.07) is -0.925. The number of ether oxygens (including phenoxy) is 2. The summed E-state index contributed by atoms with van der Waals surface area (Å²) >= 11 is 0. The third kappa shape index (κ3) is 3.09. The lowest BCUT2D eigenvalue weighted by atomic mass is 10.0. The summed E-state index contributed by atoms with van der Waals surface area (Å²) in [4.78, 5) is 24.2. The van der Waals surface area contributed by atoms with Crippen molar-refractivity contribution < 1.29 is 24.2 Å². The molecular formula is C11H19NO5. The average Bonchev–Trinajstić information content (AvgIpc) is 2.76. The second-order valence-electron chi connectivity index (χ2n) is 4.37. The van der Waals surface area contributed by atoms with Gasteiger partial charge in [0.15, 0.2) is 0 Å². The standard InChI is InChI=1S/C11H19NO5/c1-7(2)9(10(13)14)12(11(15)16-3)8-5-4-6-17-8/h7-9H,4-6H2,1-3H3,(H,13,14). The lowest BCUT2D eigenvalue weighted by Gasteiger charge is -2.34. The monoisotopic (exact) mass is 245 g/mol. The highest BCUT2D eigenvalue weighted by atomic mass is 16.6. The zero-order chi connectivity index (χ0) is 13.0. The van der Waals surface area contributed by atoms with Gasteiger partial charge in [-0.1, -0.05) is 13.8 Å². The molecule has 0 aromatic heterocycles. The largest absolute Gasteiger partial charge is 0.480 e. The lowest BCUT2D eigenvalue weighted by molar-refractivity contribution is -0.149. The quantitative estimate of drug-likeness (QED) is 0.807. The van der Waals surface area contributed by atoms with E-state index in [0.717, 1.165) is 6.42 Å². The smallest absolute Gasteiger partial charge is 0.412 e. The first kappa shape index (κ1) is 13.8. The summed E-state index contributed by atoms with van der Waals surface area (Å²) in [5.41, 5.74) is 0. The predicted octanol–water partition coefficient (Wildman–Crippen LogP) is 1.30. The highest BCUT2D eigenvalue weighted by molar-refractivity contribution is 5.80. The van der Waals surface area contributed by atoms with Gasteiger partial charge in [-0.3, -0.25) is 4.90 Å². The number of hydrogen-bond acceptors (Lipinski definition) is 4. The van der Waals surface area contributed by atoms with Crippen LogP contribution in [0.5, 0.6) is 0 Å². The van der Waals surface area contributed by atoms with Crippen molar-refractivity contribution >= 4 is 12.1 Å². The second kappa shape index (κ2) is 5.86. The number of carboxylic acid groups (broad SMARTS) is 1. The number of hydrogen-bond donors (Lipinski definition) is 1. The fraction of sp³-hybridized carbons (Fsp3) is 0.818. The first-order valence-electron chi connectivity index (χ1n) is 5.69. The normalized spacial score (nSPS) is 21.3. The fourth-order valence-corrected chi connectivity index (χ4v) is 2.02. The van der Waals surface area contributed by atoms with Gasteiger partial charge in [0, 0.05) is 6.61 Å². The van der Waals surface area contributed by atoms with E-state index < -0.39 is 24.3 Å². The van der Waals surface area contributed by atoms with Crippen LogP contribution in [0, 0.1) is 5.92 Å². The minimum Gasteiger partial charge on any atom is -0.480 e. The maximum Gasteiger partial charge on any atom is 0.412 e. The highest BCUT2D eigenvalue weighted by Gasteiger charge is 2.39. The van der Waals surface area contributed by atoms with Crippen LogP contribution in [-0.2, 0) is 14.3 Å². The van der Waals surface area contributed by atoms with Gasteiger partial charge in [0.1, 0.15) is 12.3 Å².